The van der Waals surface area contributed by atoms with Crippen LogP contribution in [0.2, 0.25) is 0 Å². The quantitative estimate of drug-likeness (QED) is 0.170. The molecule has 2 unspecified atom stereocenters. The molecule has 0 bridgehead atoms. The molecule has 1 fully saturated rings. The van der Waals surface area contributed by atoms with Crippen molar-refractivity contribution in [2.45, 2.75) is 65.1 Å². The Morgan fingerprint density at radius 3 is 1.91 bits per heavy atom. The molecule has 5 N–H and O–H groups in total. The fourth-order valence-corrected chi connectivity index (χ4v) is 5.85. The summed E-state index contributed by atoms with van der Waals surface area (Å²) >= 11 is 0. The molecule has 0 heterocycles. The summed E-state index contributed by atoms with van der Waals surface area (Å²) in [6.07, 6.45) is 2.62. The summed E-state index contributed by atoms with van der Waals surface area (Å²) in [4.78, 5) is 2.06. The summed E-state index contributed by atoms with van der Waals surface area (Å²) in [6.45, 7) is 6.27. The van der Waals surface area contributed by atoms with Gasteiger partial charge in [-0.15, -0.1) is 0 Å². The first-order valence-electron chi connectivity index (χ1n) is 14.2. The van der Waals surface area contributed by atoms with Crippen molar-refractivity contribution in [1.29, 1.82) is 5.41 Å². The van der Waals surface area contributed by atoms with E-state index in [0.717, 1.165) is 11.1 Å². The highest BCUT2D eigenvalue weighted by Gasteiger charge is 2.47. The van der Waals surface area contributed by atoms with E-state index < -0.39 is 23.3 Å². The van der Waals surface area contributed by atoms with E-state index >= 15 is 0 Å². The minimum atomic E-state index is -2.86. The minimum absolute atomic E-state index is 0.0888. The number of nitrogens with zero attached hydrogens (tertiary/aromatic N) is 2. The SMILES string of the molecule is COc1ccc(CN(Cc2ccc(OC)cc2OC)C(C)C(=N)[N+](/C=C\N)=C(N)C2CC(C)(C)CC(F)(F)C2)c(OC)c1. The van der Waals surface area contributed by atoms with Crippen LogP contribution in [0, 0.1) is 16.7 Å². The van der Waals surface area contributed by atoms with Crippen molar-refractivity contribution in [2.75, 3.05) is 28.4 Å². The number of halogens is 2. The molecule has 2 atom stereocenters. The van der Waals surface area contributed by atoms with Gasteiger partial charge in [0.15, 0.2) is 0 Å². The van der Waals surface area contributed by atoms with Gasteiger partial charge in [-0.1, -0.05) is 26.0 Å². The van der Waals surface area contributed by atoms with Gasteiger partial charge in [-0.05, 0) is 30.9 Å². The van der Waals surface area contributed by atoms with Crippen LogP contribution in [0.15, 0.2) is 48.8 Å². The maximum absolute atomic E-state index is 14.7. The van der Waals surface area contributed by atoms with E-state index in [9.17, 15) is 14.2 Å². The summed E-state index contributed by atoms with van der Waals surface area (Å²) in [5.74, 6) is -0.662. The lowest BCUT2D eigenvalue weighted by Gasteiger charge is -2.39. The third-order valence-corrected chi connectivity index (χ3v) is 7.95. The lowest BCUT2D eigenvalue weighted by Crippen LogP contribution is -2.48. The summed E-state index contributed by atoms with van der Waals surface area (Å²) in [7, 11) is 6.35. The Balaban J connectivity index is 2.06. The molecule has 43 heavy (non-hydrogen) atoms. The molecular weight excluding hydrogens is 556 g/mol. The number of methoxy groups -OCH3 is 4. The Bertz CT molecular complexity index is 1270. The zero-order chi connectivity index (χ0) is 31.9. The third kappa shape index (κ3) is 8.37. The van der Waals surface area contributed by atoms with Crippen molar-refractivity contribution in [2.24, 2.45) is 22.8 Å². The predicted molar refractivity (Wildman–Crippen MR) is 164 cm³/mol. The fraction of sp³-hybridized carbons (Fsp3) is 0.500. The van der Waals surface area contributed by atoms with Crippen molar-refractivity contribution < 1.29 is 32.3 Å². The van der Waals surface area contributed by atoms with E-state index in [2.05, 4.69) is 4.90 Å². The van der Waals surface area contributed by atoms with Gasteiger partial charge in [0, 0.05) is 55.4 Å². The van der Waals surface area contributed by atoms with Gasteiger partial charge < -0.3 is 30.4 Å². The maximum Gasteiger partial charge on any atom is 0.251 e. The molecule has 1 aliphatic rings. The van der Waals surface area contributed by atoms with E-state index in [0.29, 0.717) is 42.5 Å². The van der Waals surface area contributed by atoms with Gasteiger partial charge in [-0.25, -0.2) is 13.4 Å². The van der Waals surface area contributed by atoms with Crippen molar-refractivity contribution in [3.63, 3.8) is 0 Å². The van der Waals surface area contributed by atoms with Crippen LogP contribution < -0.4 is 30.4 Å². The van der Waals surface area contributed by atoms with Gasteiger partial charge in [-0.3, -0.25) is 4.90 Å². The number of nitrogens with one attached hydrogen (secondary N) is 1. The molecular formula is C32H46F2N5O4+. The second-order valence-corrected chi connectivity index (χ2v) is 11.8. The molecule has 3 rings (SSSR count). The van der Waals surface area contributed by atoms with Crippen molar-refractivity contribution in [1.82, 2.24) is 4.90 Å². The van der Waals surface area contributed by atoms with Crippen LogP contribution in [0.1, 0.15) is 51.2 Å². The van der Waals surface area contributed by atoms with Gasteiger partial charge in [-0.2, -0.15) is 5.41 Å². The minimum Gasteiger partial charge on any atom is -0.497 e. The molecule has 9 nitrogen and oxygen atoms in total. The summed E-state index contributed by atoms with van der Waals surface area (Å²) in [5, 5.41) is 9.28. The van der Waals surface area contributed by atoms with Crippen molar-refractivity contribution >= 4 is 11.7 Å². The van der Waals surface area contributed by atoms with Gasteiger partial charge in [0.1, 0.15) is 23.0 Å². The molecule has 11 heteroatoms. The van der Waals surface area contributed by atoms with Crippen LogP contribution >= 0.6 is 0 Å². The van der Waals surface area contributed by atoms with E-state index in [1.165, 1.54) is 17.0 Å². The Labute approximate surface area is 253 Å². The molecule has 0 radical (unpaired) electrons. The number of hydrogen-bond donors (Lipinski definition) is 3. The number of hydrogen-bond acceptors (Lipinski definition) is 7. The zero-order valence-electron chi connectivity index (χ0n) is 26.2. The Morgan fingerprint density at radius 1 is 0.977 bits per heavy atom. The Kier molecular flexibility index (Phi) is 11.0. The molecule has 0 saturated heterocycles. The van der Waals surface area contributed by atoms with Gasteiger partial charge in [0.2, 0.25) is 11.8 Å². The van der Waals surface area contributed by atoms with E-state index in [1.807, 2.05) is 45.0 Å². The third-order valence-electron chi connectivity index (χ3n) is 7.95. The topological polar surface area (TPSA) is 119 Å². The average molecular weight is 603 g/mol. The number of amidine groups is 2. The molecule has 1 saturated carbocycles. The first-order valence-corrected chi connectivity index (χ1v) is 14.2. The first kappa shape index (κ1) is 33.6. The highest BCUT2D eigenvalue weighted by Crippen LogP contribution is 2.46. The summed E-state index contributed by atoms with van der Waals surface area (Å²) in [5.41, 5.74) is 13.5. The second-order valence-electron chi connectivity index (χ2n) is 11.8. The Hall–Kier alpha value is -3.86. The zero-order valence-corrected chi connectivity index (χ0v) is 26.2. The lowest BCUT2D eigenvalue weighted by atomic mass is 9.70. The van der Waals surface area contributed by atoms with E-state index in [4.69, 9.17) is 30.4 Å². The second kappa shape index (κ2) is 14.1. The van der Waals surface area contributed by atoms with Gasteiger partial charge in [0.25, 0.3) is 5.84 Å². The number of ether oxygens (including phenoxy) is 4. The Morgan fingerprint density at radius 2 is 1.49 bits per heavy atom. The molecule has 0 amide bonds. The van der Waals surface area contributed by atoms with Crippen LogP contribution in [0.3, 0.4) is 0 Å². The van der Waals surface area contributed by atoms with Gasteiger partial charge >= 0.3 is 0 Å². The monoisotopic (exact) mass is 602 g/mol. The normalized spacial score (nSPS) is 19.1. The van der Waals surface area contributed by atoms with Crippen LogP contribution in [0.25, 0.3) is 0 Å². The van der Waals surface area contributed by atoms with Crippen LogP contribution in [-0.2, 0) is 13.1 Å². The number of rotatable bonds is 12. The molecule has 2 aromatic rings. The van der Waals surface area contributed by atoms with Crippen LogP contribution in [0.4, 0.5) is 8.78 Å². The number of benzene rings is 2. The summed E-state index contributed by atoms with van der Waals surface area (Å²) in [6, 6.07) is 10.6. The summed E-state index contributed by atoms with van der Waals surface area (Å²) < 4.78 is 53.0. The smallest absolute Gasteiger partial charge is 0.251 e. The molecule has 1 aliphatic carbocycles. The van der Waals surface area contributed by atoms with E-state index in [-0.39, 0.29) is 24.5 Å². The highest BCUT2D eigenvalue weighted by molar-refractivity contribution is 5.88. The van der Waals surface area contributed by atoms with Crippen LogP contribution in [0.5, 0.6) is 23.0 Å². The molecule has 236 valence electrons. The lowest BCUT2D eigenvalue weighted by molar-refractivity contribution is -0.339. The predicted octanol–water partition coefficient (Wildman–Crippen LogP) is 5.35. The van der Waals surface area contributed by atoms with Crippen molar-refractivity contribution in [3.8, 4) is 23.0 Å². The molecule has 2 aromatic carbocycles. The van der Waals surface area contributed by atoms with Crippen molar-refractivity contribution in [3.05, 3.63) is 59.9 Å². The molecule has 0 spiro atoms. The largest absolute Gasteiger partial charge is 0.497 e. The van der Waals surface area contributed by atoms with E-state index in [1.54, 1.807) is 40.6 Å². The maximum atomic E-state index is 14.7. The molecule has 0 aliphatic heterocycles. The van der Waals surface area contributed by atoms with Gasteiger partial charge in [0.05, 0.1) is 46.6 Å². The fourth-order valence-electron chi connectivity index (χ4n) is 5.85. The number of alkyl halides is 2. The highest BCUT2D eigenvalue weighted by atomic mass is 19.3. The average Bonchev–Trinajstić information content (AvgIpc) is 2.97. The number of nitrogens with two attached hydrogens (primary N) is 2. The first-order chi connectivity index (χ1) is 20.3. The standard InChI is InChI=1S/C32H45F2N5O4/c1-21(29(36)39(13-12-35)30(37)24-16-31(2,3)20-32(33,34)17-24)38(18-22-8-10-25(40-4)14-27(22)42-6)19-23-9-11-26(41-5)15-28(23)43-7/h8-15,21,24,36-37H,16-20,35H2,1-7H3/p+1/b13-12-,36-29?. The van der Waals surface area contributed by atoms with Crippen LogP contribution in [-0.4, -0.2) is 61.6 Å². The molecule has 0 aromatic heterocycles.